The highest BCUT2D eigenvalue weighted by Gasteiger charge is 2.19. The zero-order valence-corrected chi connectivity index (χ0v) is 11.9. The predicted molar refractivity (Wildman–Crippen MR) is 76.6 cm³/mol. The predicted octanol–water partition coefficient (Wildman–Crippen LogP) is 1.59. The average molecular weight is 292 g/mol. The van der Waals surface area contributed by atoms with Crippen molar-refractivity contribution in [1.29, 1.82) is 0 Å². The van der Waals surface area contributed by atoms with Crippen LogP contribution in [0.5, 0.6) is 5.75 Å². The zero-order valence-electron chi connectivity index (χ0n) is 11.9. The smallest absolute Gasteiger partial charge is 0.276 e. The van der Waals surface area contributed by atoms with Crippen LogP contribution in [-0.4, -0.2) is 41.2 Å². The van der Waals surface area contributed by atoms with E-state index in [9.17, 15) is 9.18 Å². The number of nitrogen functional groups attached to an aromatic ring is 1. The number of aromatic amines is 1. The number of para-hydroxylation sites is 1. The van der Waals surface area contributed by atoms with Crippen molar-refractivity contribution in [2.24, 2.45) is 0 Å². The molecule has 1 aromatic heterocycles. The number of H-pyrrole nitrogens is 1. The van der Waals surface area contributed by atoms with Gasteiger partial charge in [0.25, 0.3) is 5.91 Å². The minimum atomic E-state index is -0.432. The number of ether oxygens (including phenoxy) is 1. The molecule has 0 fully saturated rings. The molecule has 2 aromatic rings. The number of nitrogens with zero attached hydrogens (tertiary/aromatic N) is 2. The summed E-state index contributed by atoms with van der Waals surface area (Å²) in [5.41, 5.74) is 6.92. The van der Waals surface area contributed by atoms with Gasteiger partial charge in [-0.05, 0) is 19.1 Å². The van der Waals surface area contributed by atoms with Gasteiger partial charge in [-0.15, -0.1) is 0 Å². The Balaban J connectivity index is 1.90. The summed E-state index contributed by atoms with van der Waals surface area (Å²) >= 11 is 0. The van der Waals surface area contributed by atoms with Crippen molar-refractivity contribution in [2.75, 3.05) is 25.9 Å². The SMILES string of the molecule is Cc1[nH]nc(C(=O)N(C)CCOc2ccccc2F)c1N. The summed E-state index contributed by atoms with van der Waals surface area (Å²) in [4.78, 5) is 13.5. The Labute approximate surface area is 121 Å². The standard InChI is InChI=1S/C14H17FN4O2/c1-9-12(16)13(18-17-9)14(20)19(2)7-8-21-11-6-4-3-5-10(11)15/h3-6H,7-8,16H2,1-2H3,(H,17,18). The van der Waals surface area contributed by atoms with E-state index in [2.05, 4.69) is 10.2 Å². The fraction of sp³-hybridized carbons (Fsp3) is 0.286. The number of halogens is 1. The Morgan fingerprint density at radius 2 is 2.19 bits per heavy atom. The summed E-state index contributed by atoms with van der Waals surface area (Å²) in [5.74, 6) is -0.582. The minimum Gasteiger partial charge on any atom is -0.489 e. The van der Waals surface area contributed by atoms with Crippen molar-refractivity contribution in [3.8, 4) is 5.75 Å². The van der Waals surface area contributed by atoms with Gasteiger partial charge in [-0.25, -0.2) is 4.39 Å². The fourth-order valence-electron chi connectivity index (χ4n) is 1.74. The molecule has 0 atom stereocenters. The number of nitrogens with two attached hydrogens (primary N) is 1. The van der Waals surface area contributed by atoms with E-state index in [1.165, 1.54) is 17.0 Å². The lowest BCUT2D eigenvalue weighted by Crippen LogP contribution is -2.31. The Kier molecular flexibility index (Phi) is 4.42. The highest BCUT2D eigenvalue weighted by molar-refractivity contribution is 5.97. The highest BCUT2D eigenvalue weighted by atomic mass is 19.1. The van der Waals surface area contributed by atoms with Crippen molar-refractivity contribution < 1.29 is 13.9 Å². The molecule has 7 heteroatoms. The first kappa shape index (κ1) is 14.8. The molecule has 0 aliphatic heterocycles. The third-order valence-electron chi connectivity index (χ3n) is 3.06. The van der Waals surface area contributed by atoms with Crippen molar-refractivity contribution in [1.82, 2.24) is 15.1 Å². The number of likely N-dealkylation sites (N-methyl/N-ethyl adjacent to an activating group) is 1. The molecule has 0 unspecified atom stereocenters. The van der Waals surface area contributed by atoms with E-state index in [0.29, 0.717) is 17.9 Å². The number of nitrogens with one attached hydrogen (secondary N) is 1. The second-order valence-corrected chi connectivity index (χ2v) is 4.62. The topological polar surface area (TPSA) is 84.2 Å². The van der Waals surface area contributed by atoms with Gasteiger partial charge < -0.3 is 15.4 Å². The Hall–Kier alpha value is -2.57. The average Bonchev–Trinajstić information content (AvgIpc) is 2.80. The molecule has 0 radical (unpaired) electrons. The van der Waals surface area contributed by atoms with Gasteiger partial charge in [0.05, 0.1) is 17.9 Å². The van der Waals surface area contributed by atoms with E-state index in [-0.39, 0.29) is 24.0 Å². The normalized spacial score (nSPS) is 10.4. The maximum absolute atomic E-state index is 13.4. The molecular weight excluding hydrogens is 275 g/mol. The van der Waals surface area contributed by atoms with Crippen molar-refractivity contribution in [3.63, 3.8) is 0 Å². The maximum Gasteiger partial charge on any atom is 0.276 e. The summed E-state index contributed by atoms with van der Waals surface area (Å²) in [5, 5.41) is 6.53. The van der Waals surface area contributed by atoms with Crippen LogP contribution in [0.1, 0.15) is 16.2 Å². The van der Waals surface area contributed by atoms with Crippen LogP contribution in [0.3, 0.4) is 0 Å². The molecule has 112 valence electrons. The second-order valence-electron chi connectivity index (χ2n) is 4.62. The highest BCUT2D eigenvalue weighted by Crippen LogP contribution is 2.16. The van der Waals surface area contributed by atoms with Crippen LogP contribution in [0.2, 0.25) is 0 Å². The summed E-state index contributed by atoms with van der Waals surface area (Å²) < 4.78 is 18.7. The summed E-state index contributed by atoms with van der Waals surface area (Å²) in [6, 6.07) is 6.12. The van der Waals surface area contributed by atoms with Gasteiger partial charge >= 0.3 is 0 Å². The summed E-state index contributed by atoms with van der Waals surface area (Å²) in [6.45, 7) is 2.20. The van der Waals surface area contributed by atoms with E-state index in [0.717, 1.165) is 0 Å². The lowest BCUT2D eigenvalue weighted by Gasteiger charge is -2.16. The van der Waals surface area contributed by atoms with Gasteiger partial charge in [0.1, 0.15) is 6.61 Å². The number of anilines is 1. The van der Waals surface area contributed by atoms with E-state index >= 15 is 0 Å². The van der Waals surface area contributed by atoms with E-state index < -0.39 is 5.82 Å². The number of hydrogen-bond acceptors (Lipinski definition) is 4. The van der Waals surface area contributed by atoms with E-state index in [1.807, 2.05) is 0 Å². The number of carbonyl (C=O) groups is 1. The van der Waals surface area contributed by atoms with Crippen LogP contribution in [-0.2, 0) is 0 Å². The first-order valence-electron chi connectivity index (χ1n) is 6.44. The lowest BCUT2D eigenvalue weighted by atomic mass is 10.3. The molecule has 3 N–H and O–H groups in total. The van der Waals surface area contributed by atoms with Gasteiger partial charge in [-0.2, -0.15) is 5.10 Å². The molecule has 0 saturated carbocycles. The minimum absolute atomic E-state index is 0.161. The van der Waals surface area contributed by atoms with Crippen molar-refractivity contribution in [2.45, 2.75) is 6.92 Å². The number of aromatic nitrogens is 2. The molecule has 0 aliphatic carbocycles. The zero-order chi connectivity index (χ0) is 15.4. The van der Waals surface area contributed by atoms with Gasteiger partial charge in [0.2, 0.25) is 0 Å². The van der Waals surface area contributed by atoms with Crippen LogP contribution in [0.4, 0.5) is 10.1 Å². The number of benzene rings is 1. The van der Waals surface area contributed by atoms with Crippen molar-refractivity contribution in [3.05, 3.63) is 41.5 Å². The number of aryl methyl sites for hydroxylation is 1. The molecule has 0 saturated heterocycles. The van der Waals surface area contributed by atoms with Crippen LogP contribution < -0.4 is 10.5 Å². The Morgan fingerprint density at radius 3 is 2.81 bits per heavy atom. The number of hydrogen-bond donors (Lipinski definition) is 2. The molecule has 21 heavy (non-hydrogen) atoms. The molecule has 0 aliphatic rings. The van der Waals surface area contributed by atoms with Crippen molar-refractivity contribution >= 4 is 11.6 Å². The van der Waals surface area contributed by atoms with E-state index in [4.69, 9.17) is 10.5 Å². The third kappa shape index (κ3) is 3.31. The fourth-order valence-corrected chi connectivity index (χ4v) is 1.74. The van der Waals surface area contributed by atoms with Crippen LogP contribution in [0.15, 0.2) is 24.3 Å². The number of rotatable bonds is 5. The molecule has 0 bridgehead atoms. The quantitative estimate of drug-likeness (QED) is 0.876. The van der Waals surface area contributed by atoms with Crippen LogP contribution in [0, 0.1) is 12.7 Å². The summed E-state index contributed by atoms with van der Waals surface area (Å²) in [6.07, 6.45) is 0. The van der Waals surface area contributed by atoms with Gasteiger partial charge in [-0.3, -0.25) is 9.89 Å². The van der Waals surface area contributed by atoms with Crippen LogP contribution in [0.25, 0.3) is 0 Å². The molecule has 1 aromatic carbocycles. The van der Waals surface area contributed by atoms with Crippen LogP contribution >= 0.6 is 0 Å². The van der Waals surface area contributed by atoms with Gasteiger partial charge in [0, 0.05) is 7.05 Å². The second kappa shape index (κ2) is 6.25. The molecule has 0 spiro atoms. The molecular formula is C14H17FN4O2. The molecule has 1 heterocycles. The molecule has 6 nitrogen and oxygen atoms in total. The monoisotopic (exact) mass is 292 g/mol. The van der Waals surface area contributed by atoms with E-state index in [1.54, 1.807) is 26.1 Å². The molecule has 2 rings (SSSR count). The Bertz CT molecular complexity index is 642. The summed E-state index contributed by atoms with van der Waals surface area (Å²) in [7, 11) is 1.61. The first-order valence-corrected chi connectivity index (χ1v) is 6.44. The lowest BCUT2D eigenvalue weighted by molar-refractivity contribution is 0.0768. The largest absolute Gasteiger partial charge is 0.489 e. The number of amides is 1. The van der Waals surface area contributed by atoms with Gasteiger partial charge in [0.15, 0.2) is 17.3 Å². The number of carbonyl (C=O) groups excluding carboxylic acids is 1. The third-order valence-corrected chi connectivity index (χ3v) is 3.06. The van der Waals surface area contributed by atoms with Gasteiger partial charge in [-0.1, -0.05) is 12.1 Å². The maximum atomic E-state index is 13.4. The first-order chi connectivity index (χ1) is 10.0. The Morgan fingerprint density at radius 1 is 1.48 bits per heavy atom. The molecule has 1 amide bonds.